The molecule has 0 fully saturated rings. The second-order valence-electron chi connectivity index (χ2n) is 11.1. The first-order valence-corrected chi connectivity index (χ1v) is 15.2. The van der Waals surface area contributed by atoms with Crippen molar-refractivity contribution in [3.05, 3.63) is 176 Å². The summed E-state index contributed by atoms with van der Waals surface area (Å²) in [5.41, 5.74) is 14.3. The standard InChI is InChI=1S/C42H29N3/c1-3-11-30(12-4-1)32-17-19-33(20-18-32)37-27-36(31-13-5-2-6-14-31)28-38(29-37)34-21-23-35(24-22-34)42-41(39-15-7-9-25-43-39)44-40-16-8-10-26-45(40)42/h1-29H. The fourth-order valence-corrected chi connectivity index (χ4v) is 6.02. The van der Waals surface area contributed by atoms with Gasteiger partial charge in [0.2, 0.25) is 0 Å². The Morgan fingerprint density at radius 3 is 1.40 bits per heavy atom. The van der Waals surface area contributed by atoms with E-state index in [1.807, 2.05) is 42.6 Å². The van der Waals surface area contributed by atoms with E-state index in [2.05, 4.69) is 143 Å². The quantitative estimate of drug-likeness (QED) is 0.197. The van der Waals surface area contributed by atoms with E-state index < -0.39 is 0 Å². The Morgan fingerprint density at radius 2 is 0.844 bits per heavy atom. The van der Waals surface area contributed by atoms with Gasteiger partial charge in [-0.25, -0.2) is 4.98 Å². The van der Waals surface area contributed by atoms with Crippen molar-refractivity contribution in [3.63, 3.8) is 0 Å². The van der Waals surface area contributed by atoms with Crippen LogP contribution in [0.15, 0.2) is 176 Å². The first-order valence-electron chi connectivity index (χ1n) is 15.2. The summed E-state index contributed by atoms with van der Waals surface area (Å²) in [7, 11) is 0. The summed E-state index contributed by atoms with van der Waals surface area (Å²) in [6.45, 7) is 0. The molecule has 8 rings (SSSR count). The van der Waals surface area contributed by atoms with Crippen LogP contribution < -0.4 is 0 Å². The highest BCUT2D eigenvalue weighted by molar-refractivity contribution is 5.84. The lowest BCUT2D eigenvalue weighted by atomic mass is 9.92. The normalized spacial score (nSPS) is 11.1. The van der Waals surface area contributed by atoms with Crippen molar-refractivity contribution < 1.29 is 0 Å². The van der Waals surface area contributed by atoms with Crippen LogP contribution in [0.25, 0.3) is 72.8 Å². The summed E-state index contributed by atoms with van der Waals surface area (Å²) in [5, 5.41) is 0. The molecule has 0 N–H and O–H groups in total. The Hall–Kier alpha value is -6.06. The third-order valence-corrected chi connectivity index (χ3v) is 8.29. The predicted molar refractivity (Wildman–Crippen MR) is 186 cm³/mol. The van der Waals surface area contributed by atoms with Crippen molar-refractivity contribution in [2.45, 2.75) is 0 Å². The van der Waals surface area contributed by atoms with Crippen LogP contribution in [0.5, 0.6) is 0 Å². The maximum absolute atomic E-state index is 4.96. The van der Waals surface area contributed by atoms with Gasteiger partial charge in [-0.2, -0.15) is 0 Å². The summed E-state index contributed by atoms with van der Waals surface area (Å²) in [6.07, 6.45) is 3.88. The first kappa shape index (κ1) is 26.6. The third kappa shape index (κ3) is 5.21. The number of benzene rings is 5. The minimum atomic E-state index is 0.860. The Labute approximate surface area is 262 Å². The lowest BCUT2D eigenvalue weighted by molar-refractivity contribution is 1.19. The van der Waals surface area contributed by atoms with Gasteiger partial charge in [-0.05, 0) is 87.0 Å². The fourth-order valence-electron chi connectivity index (χ4n) is 6.02. The number of nitrogens with zero attached hydrogens (tertiary/aromatic N) is 3. The highest BCUT2D eigenvalue weighted by atomic mass is 15.0. The van der Waals surface area contributed by atoms with Gasteiger partial charge in [-0.1, -0.05) is 121 Å². The molecule has 5 aromatic carbocycles. The smallest absolute Gasteiger partial charge is 0.138 e. The van der Waals surface area contributed by atoms with Crippen LogP contribution in [0.4, 0.5) is 0 Å². The molecule has 45 heavy (non-hydrogen) atoms. The highest BCUT2D eigenvalue weighted by Gasteiger charge is 2.17. The maximum Gasteiger partial charge on any atom is 0.138 e. The molecule has 3 heteroatoms. The average molecular weight is 576 g/mol. The maximum atomic E-state index is 4.96. The zero-order valence-electron chi connectivity index (χ0n) is 24.6. The van der Waals surface area contributed by atoms with Crippen molar-refractivity contribution in [2.75, 3.05) is 0 Å². The van der Waals surface area contributed by atoms with E-state index in [0.717, 1.165) is 33.9 Å². The van der Waals surface area contributed by atoms with E-state index in [1.165, 1.54) is 38.9 Å². The molecule has 8 aromatic rings. The zero-order chi connectivity index (χ0) is 30.0. The number of imidazole rings is 1. The summed E-state index contributed by atoms with van der Waals surface area (Å²) < 4.78 is 2.15. The molecule has 0 bridgehead atoms. The van der Waals surface area contributed by atoms with Gasteiger partial charge in [0.1, 0.15) is 11.3 Å². The molecule has 0 aliphatic heterocycles. The Morgan fingerprint density at radius 1 is 0.378 bits per heavy atom. The monoisotopic (exact) mass is 575 g/mol. The van der Waals surface area contributed by atoms with E-state index in [4.69, 9.17) is 4.98 Å². The van der Waals surface area contributed by atoms with Gasteiger partial charge >= 0.3 is 0 Å². The van der Waals surface area contributed by atoms with E-state index in [-0.39, 0.29) is 0 Å². The van der Waals surface area contributed by atoms with Gasteiger partial charge in [0.15, 0.2) is 0 Å². The molecular weight excluding hydrogens is 546 g/mol. The molecule has 0 aliphatic carbocycles. The first-order chi connectivity index (χ1) is 22.3. The van der Waals surface area contributed by atoms with E-state index in [9.17, 15) is 0 Å². The van der Waals surface area contributed by atoms with Crippen molar-refractivity contribution in [3.8, 4) is 67.2 Å². The van der Waals surface area contributed by atoms with Crippen LogP contribution in [0, 0.1) is 0 Å². The Kier molecular flexibility index (Phi) is 6.82. The molecule has 0 aliphatic rings. The Balaban J connectivity index is 1.21. The van der Waals surface area contributed by atoms with Crippen LogP contribution in [-0.4, -0.2) is 14.4 Å². The molecule has 0 radical (unpaired) electrons. The molecule has 0 atom stereocenters. The molecule has 212 valence electrons. The molecule has 0 spiro atoms. The van der Waals surface area contributed by atoms with E-state index in [1.54, 1.807) is 0 Å². The summed E-state index contributed by atoms with van der Waals surface area (Å²) >= 11 is 0. The van der Waals surface area contributed by atoms with E-state index >= 15 is 0 Å². The molecular formula is C42H29N3. The van der Waals surface area contributed by atoms with Crippen LogP contribution in [0.2, 0.25) is 0 Å². The predicted octanol–water partition coefficient (Wildman–Crippen LogP) is 10.7. The number of rotatable bonds is 6. The summed E-state index contributed by atoms with van der Waals surface area (Å²) in [6, 6.07) is 57.8. The molecule has 3 aromatic heterocycles. The minimum absolute atomic E-state index is 0.860. The van der Waals surface area contributed by atoms with Gasteiger partial charge in [-0.3, -0.25) is 9.38 Å². The highest BCUT2D eigenvalue weighted by Crippen LogP contribution is 2.36. The lowest BCUT2D eigenvalue weighted by Gasteiger charge is -2.13. The van der Waals surface area contributed by atoms with Crippen LogP contribution >= 0.6 is 0 Å². The number of hydrogen-bond donors (Lipinski definition) is 0. The second kappa shape index (κ2) is 11.6. The molecule has 3 heterocycles. The summed E-state index contributed by atoms with van der Waals surface area (Å²) in [5.74, 6) is 0. The van der Waals surface area contributed by atoms with Gasteiger partial charge < -0.3 is 0 Å². The lowest BCUT2D eigenvalue weighted by Crippen LogP contribution is -1.91. The van der Waals surface area contributed by atoms with Crippen molar-refractivity contribution in [1.29, 1.82) is 0 Å². The fraction of sp³-hybridized carbons (Fsp3) is 0. The van der Waals surface area contributed by atoms with Gasteiger partial charge in [-0.15, -0.1) is 0 Å². The SMILES string of the molecule is c1ccc(-c2ccc(-c3cc(-c4ccccc4)cc(-c4ccc(-c5c(-c6ccccn6)nc6ccccn56)cc4)c3)cc2)cc1. The van der Waals surface area contributed by atoms with Crippen molar-refractivity contribution >= 4 is 5.65 Å². The summed E-state index contributed by atoms with van der Waals surface area (Å²) in [4.78, 5) is 9.58. The average Bonchev–Trinajstić information content (AvgIpc) is 3.52. The van der Waals surface area contributed by atoms with Crippen LogP contribution in [0.1, 0.15) is 0 Å². The third-order valence-electron chi connectivity index (χ3n) is 8.29. The van der Waals surface area contributed by atoms with Crippen LogP contribution in [0.3, 0.4) is 0 Å². The molecule has 0 saturated heterocycles. The number of fused-ring (bicyclic) bond motifs is 1. The minimum Gasteiger partial charge on any atom is -0.299 e. The molecule has 0 amide bonds. The number of pyridine rings is 2. The van der Waals surface area contributed by atoms with Crippen molar-refractivity contribution in [1.82, 2.24) is 14.4 Å². The Bertz CT molecular complexity index is 2220. The van der Waals surface area contributed by atoms with E-state index in [0.29, 0.717) is 0 Å². The zero-order valence-corrected chi connectivity index (χ0v) is 24.6. The topological polar surface area (TPSA) is 30.2 Å². The van der Waals surface area contributed by atoms with Gasteiger partial charge in [0.25, 0.3) is 0 Å². The number of hydrogen-bond acceptors (Lipinski definition) is 2. The van der Waals surface area contributed by atoms with Gasteiger partial charge in [0, 0.05) is 18.0 Å². The second-order valence-corrected chi connectivity index (χ2v) is 11.1. The largest absolute Gasteiger partial charge is 0.299 e. The molecule has 0 saturated carbocycles. The van der Waals surface area contributed by atoms with Gasteiger partial charge in [0.05, 0.1) is 11.4 Å². The molecule has 0 unspecified atom stereocenters. The number of aromatic nitrogens is 3. The molecule has 3 nitrogen and oxygen atoms in total. The van der Waals surface area contributed by atoms with Crippen LogP contribution in [-0.2, 0) is 0 Å². The van der Waals surface area contributed by atoms with Crippen molar-refractivity contribution in [2.24, 2.45) is 0 Å².